The summed E-state index contributed by atoms with van der Waals surface area (Å²) < 4.78 is 4.56. The van der Waals surface area contributed by atoms with Crippen molar-refractivity contribution in [2.45, 2.75) is 32.4 Å². The van der Waals surface area contributed by atoms with Gasteiger partial charge in [0.25, 0.3) is 5.56 Å². The van der Waals surface area contributed by atoms with E-state index in [4.69, 9.17) is 17.2 Å². The van der Waals surface area contributed by atoms with Crippen LogP contribution in [-0.2, 0) is 20.6 Å². The van der Waals surface area contributed by atoms with Crippen LogP contribution in [0.25, 0.3) is 11.2 Å². The Morgan fingerprint density at radius 3 is 2.36 bits per heavy atom. The zero-order valence-electron chi connectivity index (χ0n) is 19.2. The number of piperazine rings is 1. The number of hydrogen-bond donors (Lipinski definition) is 1. The van der Waals surface area contributed by atoms with Crippen molar-refractivity contribution in [1.29, 1.82) is 0 Å². The summed E-state index contributed by atoms with van der Waals surface area (Å²) in [5.41, 5.74) is 2.42. The fourth-order valence-corrected chi connectivity index (χ4v) is 4.65. The van der Waals surface area contributed by atoms with E-state index in [9.17, 15) is 9.59 Å². The van der Waals surface area contributed by atoms with Crippen LogP contribution in [0.4, 0.5) is 5.95 Å². The van der Waals surface area contributed by atoms with Crippen molar-refractivity contribution in [3.63, 3.8) is 0 Å². The molecule has 1 saturated heterocycles. The second-order valence-electron chi connectivity index (χ2n) is 9.06. The summed E-state index contributed by atoms with van der Waals surface area (Å²) >= 11 is 5.58. The Morgan fingerprint density at radius 1 is 1.06 bits per heavy atom. The van der Waals surface area contributed by atoms with Gasteiger partial charge in [-0.05, 0) is 37.5 Å². The molecule has 3 aromatic rings. The SMILES string of the molecule is Cc1ccc(Cn2c(N3CCN(C(=S)NC4CC4)CC3)nc3c2c(=O)n(C)c(=O)n3C)cc1. The van der Waals surface area contributed by atoms with E-state index in [0.717, 1.165) is 41.4 Å². The fourth-order valence-electron chi connectivity index (χ4n) is 4.31. The normalized spacial score (nSPS) is 16.5. The highest BCUT2D eigenvalue weighted by atomic mass is 32.1. The predicted molar refractivity (Wildman–Crippen MR) is 133 cm³/mol. The molecule has 2 aromatic heterocycles. The van der Waals surface area contributed by atoms with Crippen LogP contribution in [-0.4, -0.2) is 60.9 Å². The van der Waals surface area contributed by atoms with Crippen molar-refractivity contribution in [3.05, 3.63) is 56.2 Å². The van der Waals surface area contributed by atoms with Gasteiger partial charge in [0.1, 0.15) is 0 Å². The molecule has 9 nitrogen and oxygen atoms in total. The summed E-state index contributed by atoms with van der Waals surface area (Å²) in [5.74, 6) is 0.713. The Balaban J connectivity index is 1.52. The van der Waals surface area contributed by atoms with Crippen LogP contribution >= 0.6 is 12.2 Å². The lowest BCUT2D eigenvalue weighted by Crippen LogP contribution is -2.52. The quantitative estimate of drug-likeness (QED) is 0.573. The van der Waals surface area contributed by atoms with Crippen molar-refractivity contribution in [3.8, 4) is 0 Å². The molecule has 0 unspecified atom stereocenters. The van der Waals surface area contributed by atoms with Crippen LogP contribution in [0.1, 0.15) is 24.0 Å². The fraction of sp³-hybridized carbons (Fsp3) is 0.478. The average Bonchev–Trinajstić information content (AvgIpc) is 3.56. The molecule has 1 aromatic carbocycles. The van der Waals surface area contributed by atoms with Crippen LogP contribution in [0.5, 0.6) is 0 Å². The highest BCUT2D eigenvalue weighted by Gasteiger charge is 2.28. The first-order valence-electron chi connectivity index (χ1n) is 11.4. The Hall–Kier alpha value is -3.14. The maximum Gasteiger partial charge on any atom is 0.332 e. The molecule has 1 N–H and O–H groups in total. The summed E-state index contributed by atoms with van der Waals surface area (Å²) in [6, 6.07) is 8.80. The standard InChI is InChI=1S/C23H29N7O2S/c1-15-4-6-16(7-5-15)14-30-18-19(26(2)23(32)27(3)20(18)31)25-21(30)28-10-12-29(13-11-28)22(33)24-17-8-9-17/h4-7,17H,8-14H2,1-3H3,(H,24,33). The molecule has 1 aliphatic heterocycles. The maximum absolute atomic E-state index is 13.1. The second-order valence-corrected chi connectivity index (χ2v) is 9.45. The third-order valence-corrected chi connectivity index (χ3v) is 6.92. The number of anilines is 1. The summed E-state index contributed by atoms with van der Waals surface area (Å²) in [4.78, 5) is 34.9. The van der Waals surface area contributed by atoms with E-state index in [0.29, 0.717) is 29.7 Å². The van der Waals surface area contributed by atoms with E-state index in [1.807, 2.05) is 4.57 Å². The van der Waals surface area contributed by atoms with Crippen molar-refractivity contribution in [2.75, 3.05) is 31.1 Å². The molecule has 2 aliphatic rings. The molecule has 174 valence electrons. The number of aryl methyl sites for hydroxylation is 2. The molecule has 0 bridgehead atoms. The Kier molecular flexibility index (Phi) is 5.48. The number of nitrogens with zero attached hydrogens (tertiary/aromatic N) is 6. The second kappa shape index (κ2) is 8.33. The lowest BCUT2D eigenvalue weighted by atomic mass is 10.1. The molecule has 0 amide bonds. The number of rotatable bonds is 4. The van der Waals surface area contributed by atoms with E-state index >= 15 is 0 Å². The van der Waals surface area contributed by atoms with Crippen molar-refractivity contribution < 1.29 is 0 Å². The first-order chi connectivity index (χ1) is 15.8. The van der Waals surface area contributed by atoms with Crippen LogP contribution in [0, 0.1) is 6.92 Å². The smallest absolute Gasteiger partial charge is 0.332 e. The topological polar surface area (TPSA) is 80.3 Å². The van der Waals surface area contributed by atoms with Gasteiger partial charge in [0.15, 0.2) is 16.3 Å². The number of hydrogen-bond acceptors (Lipinski definition) is 5. The van der Waals surface area contributed by atoms with E-state index in [1.165, 1.54) is 30.0 Å². The van der Waals surface area contributed by atoms with Crippen LogP contribution in [0.3, 0.4) is 0 Å². The first-order valence-corrected chi connectivity index (χ1v) is 11.8. The average molecular weight is 468 g/mol. The predicted octanol–water partition coefficient (Wildman–Crippen LogP) is 0.949. The molecule has 0 spiro atoms. The molecule has 33 heavy (non-hydrogen) atoms. The van der Waals surface area contributed by atoms with Gasteiger partial charge in [0.05, 0.1) is 6.54 Å². The van der Waals surface area contributed by atoms with Crippen LogP contribution < -0.4 is 21.5 Å². The minimum atomic E-state index is -0.375. The molecule has 1 aliphatic carbocycles. The molecular formula is C23H29N7O2S. The van der Waals surface area contributed by atoms with E-state index in [2.05, 4.69) is 46.3 Å². The van der Waals surface area contributed by atoms with E-state index < -0.39 is 0 Å². The number of benzene rings is 1. The third-order valence-electron chi connectivity index (χ3n) is 6.54. The molecule has 1 saturated carbocycles. The van der Waals surface area contributed by atoms with Crippen LogP contribution in [0.15, 0.2) is 33.9 Å². The van der Waals surface area contributed by atoms with Gasteiger partial charge < -0.3 is 15.1 Å². The number of thiocarbonyl (C=S) groups is 1. The molecule has 0 atom stereocenters. The Bertz CT molecular complexity index is 1330. The van der Waals surface area contributed by atoms with Gasteiger partial charge in [0, 0.05) is 46.3 Å². The largest absolute Gasteiger partial charge is 0.360 e. The Labute approximate surface area is 197 Å². The molecule has 10 heteroatoms. The maximum atomic E-state index is 13.1. The summed E-state index contributed by atoms with van der Waals surface area (Å²) in [5, 5.41) is 4.23. The number of fused-ring (bicyclic) bond motifs is 1. The highest BCUT2D eigenvalue weighted by Crippen LogP contribution is 2.23. The van der Waals surface area contributed by atoms with Crippen molar-refractivity contribution in [2.24, 2.45) is 14.1 Å². The summed E-state index contributed by atoms with van der Waals surface area (Å²) in [6.07, 6.45) is 2.38. The molecule has 2 fully saturated rings. The monoisotopic (exact) mass is 467 g/mol. The zero-order chi connectivity index (χ0) is 23.3. The lowest BCUT2D eigenvalue weighted by Gasteiger charge is -2.36. The number of nitrogens with one attached hydrogen (secondary N) is 1. The van der Waals surface area contributed by atoms with Gasteiger partial charge in [-0.15, -0.1) is 0 Å². The zero-order valence-corrected chi connectivity index (χ0v) is 20.1. The molecule has 0 radical (unpaired) electrons. The van der Waals surface area contributed by atoms with Gasteiger partial charge >= 0.3 is 5.69 Å². The van der Waals surface area contributed by atoms with E-state index in [-0.39, 0.29) is 11.2 Å². The van der Waals surface area contributed by atoms with Gasteiger partial charge in [-0.1, -0.05) is 29.8 Å². The summed E-state index contributed by atoms with van der Waals surface area (Å²) in [7, 11) is 3.18. The minimum Gasteiger partial charge on any atom is -0.360 e. The van der Waals surface area contributed by atoms with Gasteiger partial charge in [-0.3, -0.25) is 18.5 Å². The number of aromatic nitrogens is 4. The number of imidazole rings is 1. The van der Waals surface area contributed by atoms with Gasteiger partial charge in [-0.2, -0.15) is 4.98 Å². The first kappa shape index (κ1) is 21.7. The summed E-state index contributed by atoms with van der Waals surface area (Å²) in [6.45, 7) is 5.58. The van der Waals surface area contributed by atoms with Crippen molar-refractivity contribution in [1.82, 2.24) is 28.9 Å². The minimum absolute atomic E-state index is 0.326. The van der Waals surface area contributed by atoms with Crippen molar-refractivity contribution >= 4 is 34.4 Å². The Morgan fingerprint density at radius 2 is 1.73 bits per heavy atom. The van der Waals surface area contributed by atoms with Gasteiger partial charge in [0.2, 0.25) is 5.95 Å². The highest BCUT2D eigenvalue weighted by molar-refractivity contribution is 7.80. The van der Waals surface area contributed by atoms with Crippen LogP contribution in [0.2, 0.25) is 0 Å². The molecular weight excluding hydrogens is 438 g/mol. The van der Waals surface area contributed by atoms with E-state index in [1.54, 1.807) is 7.05 Å². The molecule has 3 heterocycles. The molecule has 5 rings (SSSR count). The third kappa shape index (κ3) is 4.03. The van der Waals surface area contributed by atoms with Gasteiger partial charge in [-0.25, -0.2) is 4.79 Å². The lowest BCUT2D eigenvalue weighted by molar-refractivity contribution is 0.376.